The number of carboxylic acid groups (broad SMARTS) is 1. The van der Waals surface area contributed by atoms with Crippen LogP contribution in [0.1, 0.15) is 60.2 Å². The molecule has 0 aromatic heterocycles. The van der Waals surface area contributed by atoms with E-state index in [9.17, 15) is 14.0 Å². The number of halogens is 2. The number of hydrogen-bond donors (Lipinski definition) is 1. The Balaban J connectivity index is 2.87. The van der Waals surface area contributed by atoms with Gasteiger partial charge < -0.3 is 5.11 Å². The second-order valence-corrected chi connectivity index (χ2v) is 5.83. The first-order chi connectivity index (χ1) is 9.36. The lowest BCUT2D eigenvalue weighted by Crippen LogP contribution is -2.08. The molecule has 1 N–H and O–H groups in total. The smallest absolute Gasteiger partial charge is 0.338 e. The van der Waals surface area contributed by atoms with E-state index in [4.69, 9.17) is 5.11 Å². The number of Topliss-reactive ketones (excluding diaryl/α,β-unsaturated/α-hetero) is 1. The zero-order valence-corrected chi connectivity index (χ0v) is 13.2. The van der Waals surface area contributed by atoms with Crippen LogP contribution in [0.2, 0.25) is 0 Å². The predicted molar refractivity (Wildman–Crippen MR) is 78.7 cm³/mol. The van der Waals surface area contributed by atoms with Gasteiger partial charge in [0, 0.05) is 16.5 Å². The highest BCUT2D eigenvalue weighted by Gasteiger charge is 2.18. The van der Waals surface area contributed by atoms with Crippen LogP contribution in [0.4, 0.5) is 4.39 Å². The first-order valence-electron chi connectivity index (χ1n) is 6.62. The summed E-state index contributed by atoms with van der Waals surface area (Å²) >= 11 is 3.12. The molecule has 20 heavy (non-hydrogen) atoms. The average Bonchev–Trinajstić information content (AvgIpc) is 2.36. The van der Waals surface area contributed by atoms with Crippen LogP contribution in [-0.4, -0.2) is 16.9 Å². The fourth-order valence-electron chi connectivity index (χ4n) is 2.08. The summed E-state index contributed by atoms with van der Waals surface area (Å²) in [6.07, 6.45) is 3.21. The zero-order chi connectivity index (χ0) is 15.3. The number of carbonyl (C=O) groups excluding carboxylic acids is 1. The molecule has 0 heterocycles. The first kappa shape index (κ1) is 16.8. The van der Waals surface area contributed by atoms with E-state index in [1.54, 1.807) is 0 Å². The highest BCUT2D eigenvalue weighted by Crippen LogP contribution is 2.24. The Morgan fingerprint density at radius 3 is 2.50 bits per heavy atom. The Bertz CT molecular complexity index is 514. The van der Waals surface area contributed by atoms with E-state index in [1.165, 1.54) is 0 Å². The molecule has 1 rings (SSSR count). The van der Waals surface area contributed by atoms with E-state index in [-0.39, 0.29) is 11.3 Å². The van der Waals surface area contributed by atoms with Gasteiger partial charge in [-0.05, 0) is 40.4 Å². The predicted octanol–water partition coefficient (Wildman–Crippen LogP) is 4.69. The van der Waals surface area contributed by atoms with Crippen molar-refractivity contribution < 1.29 is 19.1 Å². The first-order valence-corrected chi connectivity index (χ1v) is 7.41. The monoisotopic (exact) mass is 344 g/mol. The highest BCUT2D eigenvalue weighted by atomic mass is 79.9. The summed E-state index contributed by atoms with van der Waals surface area (Å²) in [6, 6.07) is 2.14. The molecular weight excluding hydrogens is 327 g/mol. The lowest BCUT2D eigenvalue weighted by atomic mass is 9.96. The molecule has 3 nitrogen and oxygen atoms in total. The second-order valence-electron chi connectivity index (χ2n) is 4.97. The van der Waals surface area contributed by atoms with Crippen molar-refractivity contribution in [3.63, 3.8) is 0 Å². The summed E-state index contributed by atoms with van der Waals surface area (Å²) < 4.78 is 13.7. The van der Waals surface area contributed by atoms with Crippen LogP contribution in [0.3, 0.4) is 0 Å². The Morgan fingerprint density at radius 2 is 1.95 bits per heavy atom. The molecule has 0 radical (unpaired) electrons. The minimum absolute atomic E-state index is 0.165. The van der Waals surface area contributed by atoms with Crippen molar-refractivity contribution in [2.24, 2.45) is 5.92 Å². The molecule has 0 amide bonds. The van der Waals surface area contributed by atoms with Crippen molar-refractivity contribution in [3.8, 4) is 0 Å². The molecule has 5 heteroatoms. The van der Waals surface area contributed by atoms with Crippen LogP contribution >= 0.6 is 15.9 Å². The number of ketones is 1. The van der Waals surface area contributed by atoms with Gasteiger partial charge in [-0.15, -0.1) is 0 Å². The molecule has 0 saturated heterocycles. The molecule has 0 bridgehead atoms. The molecule has 1 unspecified atom stereocenters. The SMILES string of the molecule is CCCC(C)CCC(=O)c1cc(C(=O)O)c(F)cc1Br. The van der Waals surface area contributed by atoms with Gasteiger partial charge in [0.25, 0.3) is 0 Å². The van der Waals surface area contributed by atoms with Gasteiger partial charge >= 0.3 is 5.97 Å². The van der Waals surface area contributed by atoms with Gasteiger partial charge in [-0.1, -0.05) is 26.7 Å². The molecule has 110 valence electrons. The molecule has 1 aromatic carbocycles. The van der Waals surface area contributed by atoms with Crippen molar-refractivity contribution in [1.82, 2.24) is 0 Å². The van der Waals surface area contributed by atoms with Crippen molar-refractivity contribution in [2.45, 2.75) is 39.5 Å². The van der Waals surface area contributed by atoms with Gasteiger partial charge in [-0.2, -0.15) is 0 Å². The number of rotatable bonds is 7. The summed E-state index contributed by atoms with van der Waals surface area (Å²) in [6.45, 7) is 4.17. The molecule has 0 aliphatic carbocycles. The van der Waals surface area contributed by atoms with E-state index in [0.717, 1.165) is 31.4 Å². The van der Waals surface area contributed by atoms with Crippen LogP contribution in [0.5, 0.6) is 0 Å². The molecule has 1 atom stereocenters. The molecule has 0 aliphatic heterocycles. The van der Waals surface area contributed by atoms with Gasteiger partial charge in [-0.3, -0.25) is 4.79 Å². The second kappa shape index (κ2) is 7.53. The number of carboxylic acids is 1. The van der Waals surface area contributed by atoms with E-state index >= 15 is 0 Å². The number of hydrogen-bond acceptors (Lipinski definition) is 2. The third-order valence-corrected chi connectivity index (χ3v) is 3.89. The summed E-state index contributed by atoms with van der Waals surface area (Å²) in [5.41, 5.74) is -0.245. The lowest BCUT2D eigenvalue weighted by molar-refractivity contribution is 0.0692. The Morgan fingerprint density at radius 1 is 1.30 bits per heavy atom. The summed E-state index contributed by atoms with van der Waals surface area (Å²) in [5, 5.41) is 8.88. The van der Waals surface area contributed by atoms with E-state index in [0.29, 0.717) is 16.8 Å². The van der Waals surface area contributed by atoms with Crippen LogP contribution < -0.4 is 0 Å². The Hall–Kier alpha value is -1.23. The van der Waals surface area contributed by atoms with E-state index in [2.05, 4.69) is 29.8 Å². The molecule has 0 spiro atoms. The quantitative estimate of drug-likeness (QED) is 0.730. The van der Waals surface area contributed by atoms with Crippen molar-refractivity contribution in [3.05, 3.63) is 33.5 Å². The molecular formula is C15H18BrFO3. The zero-order valence-electron chi connectivity index (χ0n) is 11.6. The van der Waals surface area contributed by atoms with Crippen molar-refractivity contribution >= 4 is 27.7 Å². The Labute approximate surface area is 126 Å². The summed E-state index contributed by atoms with van der Waals surface area (Å²) in [5.74, 6) is -1.94. The molecule has 0 fully saturated rings. The minimum Gasteiger partial charge on any atom is -0.478 e. The third-order valence-electron chi connectivity index (χ3n) is 3.23. The van der Waals surface area contributed by atoms with E-state index in [1.807, 2.05) is 0 Å². The Kier molecular flexibility index (Phi) is 6.33. The minimum atomic E-state index is -1.37. The highest BCUT2D eigenvalue weighted by molar-refractivity contribution is 9.10. The van der Waals surface area contributed by atoms with Crippen LogP contribution in [0.25, 0.3) is 0 Å². The van der Waals surface area contributed by atoms with Gasteiger partial charge in [-0.25, -0.2) is 9.18 Å². The maximum absolute atomic E-state index is 13.4. The maximum Gasteiger partial charge on any atom is 0.338 e. The van der Waals surface area contributed by atoms with Crippen LogP contribution in [0.15, 0.2) is 16.6 Å². The van der Waals surface area contributed by atoms with Crippen molar-refractivity contribution in [2.75, 3.05) is 0 Å². The normalized spacial score (nSPS) is 12.2. The largest absolute Gasteiger partial charge is 0.478 e. The molecule has 1 aromatic rings. The molecule has 0 saturated carbocycles. The average molecular weight is 345 g/mol. The van der Waals surface area contributed by atoms with Gasteiger partial charge in [0.05, 0.1) is 5.56 Å². The fourth-order valence-corrected chi connectivity index (χ4v) is 2.61. The third kappa shape index (κ3) is 4.40. The fraction of sp³-hybridized carbons (Fsp3) is 0.467. The van der Waals surface area contributed by atoms with E-state index < -0.39 is 17.3 Å². The maximum atomic E-state index is 13.4. The van der Waals surface area contributed by atoms with Crippen LogP contribution in [-0.2, 0) is 0 Å². The standard InChI is InChI=1S/C15H18BrFO3/c1-3-4-9(2)5-6-14(18)10-7-11(15(19)20)13(17)8-12(10)16/h7-9H,3-6H2,1-2H3,(H,19,20). The van der Waals surface area contributed by atoms with Crippen molar-refractivity contribution in [1.29, 1.82) is 0 Å². The summed E-state index contributed by atoms with van der Waals surface area (Å²) in [7, 11) is 0. The van der Waals surface area contributed by atoms with Gasteiger partial charge in [0.15, 0.2) is 5.78 Å². The molecule has 0 aliphatic rings. The lowest BCUT2D eigenvalue weighted by Gasteiger charge is -2.10. The van der Waals surface area contributed by atoms with Gasteiger partial charge in [0.1, 0.15) is 5.82 Å². The topological polar surface area (TPSA) is 54.4 Å². The summed E-state index contributed by atoms with van der Waals surface area (Å²) in [4.78, 5) is 23.0. The number of aromatic carboxylic acids is 1. The number of benzene rings is 1. The van der Waals surface area contributed by atoms with Crippen LogP contribution in [0, 0.1) is 11.7 Å². The number of carbonyl (C=O) groups is 2. The van der Waals surface area contributed by atoms with Gasteiger partial charge in [0.2, 0.25) is 0 Å².